The number of unbranched alkanes of at least 4 members (excludes halogenated alkanes) is 2. The van der Waals surface area contributed by atoms with Crippen LogP contribution in [-0.4, -0.2) is 62.1 Å². The monoisotopic (exact) mass is 504 g/mol. The highest BCUT2D eigenvalue weighted by atomic mass is 35.5. The molecule has 0 saturated carbocycles. The van der Waals surface area contributed by atoms with Crippen LogP contribution >= 0.6 is 11.6 Å². The predicted molar refractivity (Wildman–Crippen MR) is 141 cm³/mol. The van der Waals surface area contributed by atoms with Crippen molar-refractivity contribution in [2.75, 3.05) is 39.6 Å². The highest BCUT2D eigenvalue weighted by molar-refractivity contribution is 6.31. The van der Waals surface area contributed by atoms with Gasteiger partial charge in [-0.3, -0.25) is 0 Å². The zero-order valence-electron chi connectivity index (χ0n) is 20.7. The van der Waals surface area contributed by atoms with Crippen molar-refractivity contribution in [2.45, 2.75) is 51.7 Å². The van der Waals surface area contributed by atoms with Gasteiger partial charge in [0.15, 0.2) is 0 Å². The third kappa shape index (κ3) is 7.95. The van der Waals surface area contributed by atoms with Crippen LogP contribution in [0.3, 0.4) is 0 Å². The van der Waals surface area contributed by atoms with E-state index in [4.69, 9.17) is 30.5 Å². The van der Waals surface area contributed by atoms with Gasteiger partial charge in [0.2, 0.25) is 0 Å². The molecule has 0 aliphatic heterocycles. The number of fused-ring (bicyclic) bond motifs is 2. The number of hydrogen-bond donors (Lipinski definition) is 2. The lowest BCUT2D eigenvalue weighted by Gasteiger charge is -2.20. The maximum Gasteiger partial charge on any atom is 0.135 e. The fourth-order valence-corrected chi connectivity index (χ4v) is 3.94. The number of halogens is 1. The maximum atomic E-state index is 10.4. The van der Waals surface area contributed by atoms with E-state index >= 15 is 0 Å². The van der Waals surface area contributed by atoms with Crippen LogP contribution in [0.1, 0.15) is 39.5 Å². The van der Waals surface area contributed by atoms with Crippen molar-refractivity contribution in [1.82, 2.24) is 0 Å². The average molecular weight is 505 g/mol. The summed E-state index contributed by atoms with van der Waals surface area (Å²) >= 11 is 6.34. The van der Waals surface area contributed by atoms with Crippen molar-refractivity contribution in [3.05, 3.63) is 47.5 Å². The molecule has 3 aromatic rings. The molecule has 7 heteroatoms. The summed E-state index contributed by atoms with van der Waals surface area (Å²) in [6, 6.07) is 13.3. The zero-order valence-corrected chi connectivity index (χ0v) is 21.4. The molecule has 0 fully saturated rings. The summed E-state index contributed by atoms with van der Waals surface area (Å²) in [6.07, 6.45) is 2.52. The molecular formula is C28H37ClO6. The standard InChI is InChI=1S/C28H37ClO6/c1-3-5-13-32-16-21(30)18-34-27-23-9-7-8-10-24(23)28(26-15-20(29)11-12-25(26)27)35-19-22(31)17-33-14-6-4-2/h7-12,15,21-22,30-31H,3-6,13-14,16-19H2,1-2H3. The molecule has 2 atom stereocenters. The number of ether oxygens (including phenoxy) is 4. The largest absolute Gasteiger partial charge is 0.489 e. The molecule has 0 saturated heterocycles. The van der Waals surface area contributed by atoms with Gasteiger partial charge >= 0.3 is 0 Å². The van der Waals surface area contributed by atoms with Crippen LogP contribution in [0.2, 0.25) is 5.02 Å². The predicted octanol–water partition coefficient (Wildman–Crippen LogP) is 5.76. The number of hydrogen-bond acceptors (Lipinski definition) is 6. The van der Waals surface area contributed by atoms with Crippen molar-refractivity contribution in [3.8, 4) is 11.5 Å². The quantitative estimate of drug-likeness (QED) is 0.191. The normalized spacial score (nSPS) is 13.3. The van der Waals surface area contributed by atoms with Gasteiger partial charge in [0.25, 0.3) is 0 Å². The Morgan fingerprint density at radius 2 is 1.17 bits per heavy atom. The third-order valence-corrected chi connectivity index (χ3v) is 5.87. The van der Waals surface area contributed by atoms with Crippen molar-refractivity contribution < 1.29 is 29.2 Å². The summed E-state index contributed by atoms with van der Waals surface area (Å²) in [5.74, 6) is 1.28. The summed E-state index contributed by atoms with van der Waals surface area (Å²) in [5.41, 5.74) is 0. The van der Waals surface area contributed by atoms with Crippen LogP contribution in [0.15, 0.2) is 42.5 Å². The van der Waals surface area contributed by atoms with Gasteiger partial charge < -0.3 is 29.2 Å². The van der Waals surface area contributed by atoms with Gasteiger partial charge in [-0.15, -0.1) is 0 Å². The first-order valence-corrected chi connectivity index (χ1v) is 12.8. The van der Waals surface area contributed by atoms with E-state index in [1.54, 1.807) is 6.07 Å². The van der Waals surface area contributed by atoms with Gasteiger partial charge in [0.05, 0.1) is 13.2 Å². The number of aliphatic hydroxyl groups excluding tert-OH is 2. The Morgan fingerprint density at radius 3 is 1.69 bits per heavy atom. The Bertz CT molecular complexity index is 1060. The summed E-state index contributed by atoms with van der Waals surface area (Å²) < 4.78 is 23.4. The van der Waals surface area contributed by atoms with Crippen LogP contribution in [0.25, 0.3) is 21.5 Å². The van der Waals surface area contributed by atoms with Gasteiger partial charge in [-0.25, -0.2) is 0 Å². The smallest absolute Gasteiger partial charge is 0.135 e. The molecule has 0 aliphatic carbocycles. The second-order valence-corrected chi connectivity index (χ2v) is 9.12. The van der Waals surface area contributed by atoms with E-state index in [0.29, 0.717) is 29.7 Å². The first-order chi connectivity index (χ1) is 17.0. The van der Waals surface area contributed by atoms with E-state index in [-0.39, 0.29) is 26.4 Å². The lowest BCUT2D eigenvalue weighted by atomic mass is 10.0. The Labute approximate surface area is 212 Å². The van der Waals surface area contributed by atoms with E-state index in [1.165, 1.54) is 0 Å². The molecule has 2 unspecified atom stereocenters. The van der Waals surface area contributed by atoms with Gasteiger partial charge in [-0.2, -0.15) is 0 Å². The minimum atomic E-state index is -0.751. The van der Waals surface area contributed by atoms with Gasteiger partial charge in [-0.05, 0) is 31.0 Å². The lowest BCUT2D eigenvalue weighted by molar-refractivity contribution is 0.0115. The van der Waals surface area contributed by atoms with Crippen molar-refractivity contribution in [1.29, 1.82) is 0 Å². The van der Waals surface area contributed by atoms with Crippen LogP contribution in [-0.2, 0) is 9.47 Å². The van der Waals surface area contributed by atoms with E-state index in [0.717, 1.165) is 47.2 Å². The molecule has 0 amide bonds. The van der Waals surface area contributed by atoms with Crippen molar-refractivity contribution in [2.24, 2.45) is 0 Å². The van der Waals surface area contributed by atoms with Crippen molar-refractivity contribution >= 4 is 33.1 Å². The Kier molecular flexibility index (Phi) is 11.4. The topological polar surface area (TPSA) is 77.4 Å². The second kappa shape index (κ2) is 14.5. The first kappa shape index (κ1) is 27.5. The molecular weight excluding hydrogens is 468 g/mol. The number of rotatable bonds is 16. The molecule has 192 valence electrons. The molecule has 2 N–H and O–H groups in total. The highest BCUT2D eigenvalue weighted by Gasteiger charge is 2.19. The molecule has 0 heterocycles. The highest BCUT2D eigenvalue weighted by Crippen LogP contribution is 2.43. The van der Waals surface area contributed by atoms with E-state index in [1.807, 2.05) is 36.4 Å². The molecule has 35 heavy (non-hydrogen) atoms. The zero-order chi connectivity index (χ0) is 25.0. The average Bonchev–Trinajstić information content (AvgIpc) is 2.86. The van der Waals surface area contributed by atoms with Crippen LogP contribution < -0.4 is 9.47 Å². The molecule has 0 bridgehead atoms. The maximum absolute atomic E-state index is 10.4. The molecule has 0 aromatic heterocycles. The second-order valence-electron chi connectivity index (χ2n) is 8.68. The Hall–Kier alpha value is -2.09. The molecule has 0 aliphatic rings. The Morgan fingerprint density at radius 1 is 0.686 bits per heavy atom. The summed E-state index contributed by atoms with van der Waals surface area (Å²) in [7, 11) is 0. The van der Waals surface area contributed by atoms with Crippen LogP contribution in [0.4, 0.5) is 0 Å². The van der Waals surface area contributed by atoms with E-state index in [2.05, 4.69) is 13.8 Å². The fourth-order valence-electron chi connectivity index (χ4n) is 3.77. The first-order valence-electron chi connectivity index (χ1n) is 12.5. The SMILES string of the molecule is CCCCOCC(O)COc1c2ccccc2c(OCC(O)COCCCC)c2cc(Cl)ccc12. The van der Waals surface area contributed by atoms with Gasteiger partial charge in [-0.1, -0.05) is 62.6 Å². The number of aliphatic hydroxyl groups is 2. The molecule has 0 radical (unpaired) electrons. The van der Waals surface area contributed by atoms with E-state index in [9.17, 15) is 10.2 Å². The molecule has 0 spiro atoms. The minimum Gasteiger partial charge on any atom is -0.489 e. The lowest BCUT2D eigenvalue weighted by Crippen LogP contribution is -2.24. The Balaban J connectivity index is 1.84. The molecule has 6 nitrogen and oxygen atoms in total. The van der Waals surface area contributed by atoms with Crippen molar-refractivity contribution in [3.63, 3.8) is 0 Å². The van der Waals surface area contributed by atoms with E-state index < -0.39 is 12.2 Å². The minimum absolute atomic E-state index is 0.0890. The summed E-state index contributed by atoms with van der Waals surface area (Å²) in [6.45, 7) is 6.07. The summed E-state index contributed by atoms with van der Waals surface area (Å²) in [5, 5.41) is 24.6. The molecule has 3 rings (SSSR count). The van der Waals surface area contributed by atoms with Crippen LogP contribution in [0, 0.1) is 0 Å². The third-order valence-electron chi connectivity index (χ3n) is 5.63. The molecule has 3 aromatic carbocycles. The van der Waals surface area contributed by atoms with Gasteiger partial charge in [0.1, 0.15) is 36.9 Å². The number of benzene rings is 3. The van der Waals surface area contributed by atoms with Crippen LogP contribution in [0.5, 0.6) is 11.5 Å². The summed E-state index contributed by atoms with van der Waals surface area (Å²) in [4.78, 5) is 0. The van der Waals surface area contributed by atoms with Gasteiger partial charge in [0, 0.05) is 39.8 Å². The fraction of sp³-hybridized carbons (Fsp3) is 0.500.